The third-order valence-electron chi connectivity index (χ3n) is 2.96. The number of rotatable bonds is 7. The van der Waals surface area contributed by atoms with Gasteiger partial charge in [-0.25, -0.2) is 4.98 Å². The summed E-state index contributed by atoms with van der Waals surface area (Å²) in [7, 11) is 0. The van der Waals surface area contributed by atoms with Crippen LogP contribution in [-0.4, -0.2) is 28.4 Å². The quantitative estimate of drug-likeness (QED) is 0.764. The zero-order valence-corrected chi connectivity index (χ0v) is 12.3. The molecule has 1 aromatic carbocycles. The number of benzene rings is 1. The first-order valence-corrected chi connectivity index (χ1v) is 7.64. The molecule has 0 spiro atoms. The first-order chi connectivity index (χ1) is 9.26. The van der Waals surface area contributed by atoms with Crippen LogP contribution >= 0.6 is 11.8 Å². The van der Waals surface area contributed by atoms with Crippen LogP contribution in [0, 0.1) is 0 Å². The minimum absolute atomic E-state index is 0.525. The van der Waals surface area contributed by atoms with Crippen molar-refractivity contribution in [1.29, 1.82) is 0 Å². The first-order valence-electron chi connectivity index (χ1n) is 6.76. The van der Waals surface area contributed by atoms with Gasteiger partial charge in [-0.1, -0.05) is 18.7 Å². The average molecular weight is 279 g/mol. The van der Waals surface area contributed by atoms with Gasteiger partial charge in [0.05, 0.1) is 17.6 Å². The van der Waals surface area contributed by atoms with Gasteiger partial charge in [0, 0.05) is 11.3 Å². The Labute approximate surface area is 118 Å². The third kappa shape index (κ3) is 3.64. The maximum atomic E-state index is 5.63. The van der Waals surface area contributed by atoms with Crippen molar-refractivity contribution in [3.8, 4) is 5.75 Å². The van der Waals surface area contributed by atoms with Gasteiger partial charge in [0.25, 0.3) is 0 Å². The molecular weight excluding hydrogens is 258 g/mol. The highest BCUT2D eigenvalue weighted by Gasteiger charge is 2.11. The number of nitrogens with one attached hydrogen (secondary N) is 1. The van der Waals surface area contributed by atoms with Crippen LogP contribution in [0.15, 0.2) is 23.4 Å². The Balaban J connectivity index is 2.16. The van der Waals surface area contributed by atoms with E-state index < -0.39 is 0 Å². The fourth-order valence-corrected chi connectivity index (χ4v) is 3.02. The van der Waals surface area contributed by atoms with Gasteiger partial charge < -0.3 is 15.5 Å². The molecule has 0 amide bonds. The van der Waals surface area contributed by atoms with E-state index in [1.165, 1.54) is 0 Å². The Morgan fingerprint density at radius 3 is 2.95 bits per heavy atom. The lowest BCUT2D eigenvalue weighted by Crippen LogP contribution is -2.09. The number of ether oxygens (including phenoxy) is 1. The van der Waals surface area contributed by atoms with Crippen LogP contribution in [0.25, 0.3) is 11.0 Å². The van der Waals surface area contributed by atoms with E-state index in [0.717, 1.165) is 41.3 Å². The van der Waals surface area contributed by atoms with Gasteiger partial charge in [-0.2, -0.15) is 0 Å². The summed E-state index contributed by atoms with van der Waals surface area (Å²) in [6, 6.07) is 5.95. The highest BCUT2D eigenvalue weighted by atomic mass is 32.2. The molecule has 2 aromatic rings. The Kier molecular flexibility index (Phi) is 5.10. The lowest BCUT2D eigenvalue weighted by Gasteiger charge is -2.10. The summed E-state index contributed by atoms with van der Waals surface area (Å²) < 4.78 is 5.49. The Hall–Kier alpha value is -1.20. The van der Waals surface area contributed by atoms with Gasteiger partial charge in [-0.3, -0.25) is 0 Å². The number of hydrogen-bond donors (Lipinski definition) is 2. The number of H-pyrrole nitrogens is 1. The minimum atomic E-state index is 0.525. The van der Waals surface area contributed by atoms with Crippen molar-refractivity contribution in [3.05, 3.63) is 18.2 Å². The van der Waals surface area contributed by atoms with Crippen LogP contribution in [0.3, 0.4) is 0 Å². The first kappa shape index (κ1) is 14.2. The molecule has 2 rings (SSSR count). The van der Waals surface area contributed by atoms with Gasteiger partial charge in [0.1, 0.15) is 5.75 Å². The molecule has 3 N–H and O–H groups in total. The van der Waals surface area contributed by atoms with E-state index in [1.54, 1.807) is 11.8 Å². The van der Waals surface area contributed by atoms with Crippen LogP contribution in [0.4, 0.5) is 0 Å². The molecule has 1 aromatic heterocycles. The number of aromatic amines is 1. The zero-order chi connectivity index (χ0) is 13.7. The Morgan fingerprint density at radius 2 is 2.26 bits per heavy atom. The molecule has 0 aliphatic carbocycles. The van der Waals surface area contributed by atoms with E-state index in [0.29, 0.717) is 11.9 Å². The Bertz CT molecular complexity index is 526. The molecule has 0 aliphatic heterocycles. The van der Waals surface area contributed by atoms with Crippen molar-refractivity contribution < 1.29 is 4.74 Å². The van der Waals surface area contributed by atoms with Crippen LogP contribution in [0.5, 0.6) is 5.75 Å². The van der Waals surface area contributed by atoms with Gasteiger partial charge in [0.15, 0.2) is 5.16 Å². The fourth-order valence-electron chi connectivity index (χ4n) is 1.97. The largest absolute Gasteiger partial charge is 0.494 e. The summed E-state index contributed by atoms with van der Waals surface area (Å²) in [6.45, 7) is 5.57. The summed E-state index contributed by atoms with van der Waals surface area (Å²) >= 11 is 1.77. The lowest BCUT2D eigenvalue weighted by atomic mass is 10.2. The minimum Gasteiger partial charge on any atom is -0.494 e. The molecule has 5 heteroatoms. The molecule has 0 bridgehead atoms. The summed E-state index contributed by atoms with van der Waals surface area (Å²) in [4.78, 5) is 7.94. The van der Waals surface area contributed by atoms with Crippen molar-refractivity contribution in [1.82, 2.24) is 9.97 Å². The number of hydrogen-bond acceptors (Lipinski definition) is 4. The topological polar surface area (TPSA) is 63.9 Å². The highest BCUT2D eigenvalue weighted by Crippen LogP contribution is 2.28. The molecule has 1 unspecified atom stereocenters. The van der Waals surface area contributed by atoms with Crippen molar-refractivity contribution in [2.75, 3.05) is 13.2 Å². The molecule has 104 valence electrons. The van der Waals surface area contributed by atoms with Gasteiger partial charge >= 0.3 is 0 Å². The number of thioether (sulfide) groups is 1. The summed E-state index contributed by atoms with van der Waals surface area (Å²) in [6.07, 6.45) is 2.12. The van der Waals surface area contributed by atoms with E-state index >= 15 is 0 Å². The number of nitrogens with two attached hydrogens (primary N) is 1. The monoisotopic (exact) mass is 279 g/mol. The normalized spacial score (nSPS) is 12.8. The average Bonchev–Trinajstić information content (AvgIpc) is 2.80. The van der Waals surface area contributed by atoms with Gasteiger partial charge in [-0.05, 0) is 38.4 Å². The van der Waals surface area contributed by atoms with E-state index in [2.05, 4.69) is 16.9 Å². The molecular formula is C14H21N3OS. The standard InChI is InChI=1S/C14H21N3OS/c1-3-11(7-8-15)19-14-16-12-6-5-10(18-4-2)9-13(12)17-14/h5-6,9,11H,3-4,7-8,15H2,1-2H3,(H,16,17). The lowest BCUT2D eigenvalue weighted by molar-refractivity contribution is 0.340. The highest BCUT2D eigenvalue weighted by molar-refractivity contribution is 7.99. The second kappa shape index (κ2) is 6.82. The van der Waals surface area contributed by atoms with E-state index in [1.807, 2.05) is 25.1 Å². The smallest absolute Gasteiger partial charge is 0.166 e. The maximum Gasteiger partial charge on any atom is 0.166 e. The van der Waals surface area contributed by atoms with Crippen LogP contribution in [-0.2, 0) is 0 Å². The SMILES string of the molecule is CCOc1ccc2nc(SC(CC)CCN)[nH]c2c1. The predicted molar refractivity (Wildman–Crippen MR) is 80.9 cm³/mol. The summed E-state index contributed by atoms with van der Waals surface area (Å²) in [5, 5.41) is 1.49. The summed E-state index contributed by atoms with van der Waals surface area (Å²) in [5.74, 6) is 0.879. The number of fused-ring (bicyclic) bond motifs is 1. The number of nitrogens with zero attached hydrogens (tertiary/aromatic N) is 1. The second-order valence-corrected chi connectivity index (χ2v) is 5.67. The number of aromatic nitrogens is 2. The third-order valence-corrected chi connectivity index (χ3v) is 4.28. The van der Waals surface area contributed by atoms with E-state index in [-0.39, 0.29) is 0 Å². The molecule has 0 saturated carbocycles. The summed E-state index contributed by atoms with van der Waals surface area (Å²) in [5.41, 5.74) is 7.63. The molecule has 1 atom stereocenters. The Morgan fingerprint density at radius 1 is 1.42 bits per heavy atom. The van der Waals surface area contributed by atoms with Crippen molar-refractivity contribution in [3.63, 3.8) is 0 Å². The molecule has 0 aliphatic rings. The zero-order valence-electron chi connectivity index (χ0n) is 11.5. The van der Waals surface area contributed by atoms with Gasteiger partial charge in [-0.15, -0.1) is 0 Å². The molecule has 19 heavy (non-hydrogen) atoms. The van der Waals surface area contributed by atoms with E-state index in [4.69, 9.17) is 10.5 Å². The predicted octanol–water partition coefficient (Wildman–Crippen LogP) is 3.18. The number of imidazole rings is 1. The maximum absolute atomic E-state index is 5.63. The van der Waals surface area contributed by atoms with Crippen molar-refractivity contribution in [2.24, 2.45) is 5.73 Å². The van der Waals surface area contributed by atoms with Crippen LogP contribution in [0.2, 0.25) is 0 Å². The molecule has 0 fully saturated rings. The van der Waals surface area contributed by atoms with E-state index in [9.17, 15) is 0 Å². The molecule has 4 nitrogen and oxygen atoms in total. The van der Waals surface area contributed by atoms with Crippen LogP contribution in [0.1, 0.15) is 26.7 Å². The van der Waals surface area contributed by atoms with Crippen molar-refractivity contribution in [2.45, 2.75) is 37.1 Å². The van der Waals surface area contributed by atoms with Crippen LogP contribution < -0.4 is 10.5 Å². The van der Waals surface area contributed by atoms with Crippen molar-refractivity contribution >= 4 is 22.8 Å². The molecule has 0 saturated heterocycles. The second-order valence-electron chi connectivity index (χ2n) is 4.38. The van der Waals surface area contributed by atoms with Gasteiger partial charge in [0.2, 0.25) is 0 Å². The molecule has 0 radical (unpaired) electrons. The molecule has 1 heterocycles. The fraction of sp³-hybridized carbons (Fsp3) is 0.500.